The molecule has 0 saturated carbocycles. The third-order valence-corrected chi connectivity index (χ3v) is 6.10. The van der Waals surface area contributed by atoms with Gasteiger partial charge in [-0.2, -0.15) is 0 Å². The van der Waals surface area contributed by atoms with Crippen molar-refractivity contribution in [2.75, 3.05) is 6.61 Å². The molecule has 0 heterocycles. The van der Waals surface area contributed by atoms with E-state index in [-0.39, 0.29) is 24.7 Å². The maximum Gasteiger partial charge on any atom is 0.303 e. The fourth-order valence-electron chi connectivity index (χ4n) is 4.32. The lowest BCUT2D eigenvalue weighted by molar-refractivity contribution is -0.136. The third-order valence-electron chi connectivity index (χ3n) is 6.10. The summed E-state index contributed by atoms with van der Waals surface area (Å²) in [4.78, 5) is 11.0. The van der Waals surface area contributed by atoms with Gasteiger partial charge in [0.1, 0.15) is 11.6 Å². The average molecular weight is 502 g/mol. The number of halogens is 1. The number of nitrogens with one attached hydrogen (secondary N) is 1. The van der Waals surface area contributed by atoms with E-state index in [1.165, 1.54) is 12.1 Å². The quantitative estimate of drug-likeness (QED) is 0.232. The fraction of sp³-hybridized carbons (Fsp3) is 0.281. The predicted molar refractivity (Wildman–Crippen MR) is 150 cm³/mol. The van der Waals surface area contributed by atoms with Gasteiger partial charge in [0.15, 0.2) is 0 Å². The van der Waals surface area contributed by atoms with Gasteiger partial charge >= 0.3 is 5.97 Å². The Morgan fingerprint density at radius 3 is 2.51 bits per heavy atom. The maximum absolute atomic E-state index is 14.5. The maximum atomic E-state index is 14.5. The molecule has 4 aromatic carbocycles. The van der Waals surface area contributed by atoms with Gasteiger partial charge in [-0.05, 0) is 95.3 Å². The smallest absolute Gasteiger partial charge is 0.303 e. The van der Waals surface area contributed by atoms with Gasteiger partial charge in [-0.3, -0.25) is 4.79 Å². The zero-order valence-electron chi connectivity index (χ0n) is 22.1. The highest BCUT2D eigenvalue weighted by Gasteiger charge is 2.13. The molecule has 1 unspecified atom stereocenters. The number of fused-ring (bicyclic) bond motifs is 1. The van der Waals surface area contributed by atoms with E-state index in [4.69, 9.17) is 9.84 Å². The molecular weight excluding hydrogens is 465 g/mol. The molecule has 0 bridgehead atoms. The summed E-state index contributed by atoms with van der Waals surface area (Å²) in [6.45, 7) is 9.40. The number of carboxylic acid groups (broad SMARTS) is 1. The summed E-state index contributed by atoms with van der Waals surface area (Å²) in [5, 5.41) is 14.7. The van der Waals surface area contributed by atoms with Crippen molar-refractivity contribution in [3.63, 3.8) is 0 Å². The largest absolute Gasteiger partial charge is 0.494 e. The number of aryl methyl sites for hydroxylation is 1. The number of carboxylic acids is 1. The lowest BCUT2D eigenvalue weighted by atomic mass is 9.92. The first kappa shape index (κ1) is 27.9. The molecule has 1 atom stereocenters. The Bertz CT molecular complexity index is 1330. The first-order valence-corrected chi connectivity index (χ1v) is 12.9. The van der Waals surface area contributed by atoms with Crippen molar-refractivity contribution in [3.05, 3.63) is 101 Å². The molecule has 2 N–H and O–H groups in total. The molecule has 4 nitrogen and oxygen atoms in total. The van der Waals surface area contributed by atoms with E-state index in [1.807, 2.05) is 63.2 Å². The number of hydrogen-bond donors (Lipinski definition) is 2. The van der Waals surface area contributed by atoms with Crippen molar-refractivity contribution in [1.82, 2.24) is 5.32 Å². The number of rotatable bonds is 10. The van der Waals surface area contributed by atoms with Crippen LogP contribution in [0.1, 0.15) is 56.8 Å². The van der Waals surface area contributed by atoms with E-state index >= 15 is 0 Å². The van der Waals surface area contributed by atoms with E-state index in [2.05, 4.69) is 36.5 Å². The summed E-state index contributed by atoms with van der Waals surface area (Å²) in [5.41, 5.74) is 4.59. The van der Waals surface area contributed by atoms with Gasteiger partial charge in [0, 0.05) is 19.0 Å². The first-order chi connectivity index (χ1) is 17.9. The summed E-state index contributed by atoms with van der Waals surface area (Å²) in [7, 11) is 0. The molecule has 0 amide bonds. The molecule has 0 aromatic heterocycles. The van der Waals surface area contributed by atoms with Crippen LogP contribution in [0.5, 0.6) is 5.75 Å². The second kappa shape index (κ2) is 13.6. The highest BCUT2D eigenvalue weighted by molar-refractivity contribution is 5.97. The van der Waals surface area contributed by atoms with Gasteiger partial charge in [0.05, 0.1) is 6.61 Å². The van der Waals surface area contributed by atoms with Crippen LogP contribution in [0.15, 0.2) is 78.9 Å². The zero-order chi connectivity index (χ0) is 26.8. The summed E-state index contributed by atoms with van der Waals surface area (Å²) in [6, 6.07) is 25.3. The Hall–Kier alpha value is -3.70. The van der Waals surface area contributed by atoms with Crippen LogP contribution in [0, 0.1) is 5.82 Å². The van der Waals surface area contributed by atoms with Crippen LogP contribution < -0.4 is 10.1 Å². The molecule has 4 rings (SSSR count). The Kier molecular flexibility index (Phi) is 10.2. The Morgan fingerprint density at radius 2 is 1.76 bits per heavy atom. The fourth-order valence-corrected chi connectivity index (χ4v) is 4.32. The molecule has 4 aromatic rings. The molecule has 0 aliphatic carbocycles. The minimum absolute atomic E-state index is 0.0326. The van der Waals surface area contributed by atoms with Crippen LogP contribution in [0.2, 0.25) is 0 Å². The number of ether oxygens (including phenoxy) is 1. The van der Waals surface area contributed by atoms with Crippen molar-refractivity contribution in [1.29, 1.82) is 0 Å². The first-order valence-electron chi connectivity index (χ1n) is 12.9. The molecule has 0 radical (unpaired) electrons. The van der Waals surface area contributed by atoms with Gasteiger partial charge in [0.2, 0.25) is 0 Å². The highest BCUT2D eigenvalue weighted by Crippen LogP contribution is 2.33. The molecule has 5 heteroatoms. The molecule has 194 valence electrons. The zero-order valence-corrected chi connectivity index (χ0v) is 22.1. The Morgan fingerprint density at radius 1 is 0.973 bits per heavy atom. The van der Waals surface area contributed by atoms with Crippen LogP contribution in [0.3, 0.4) is 0 Å². The van der Waals surface area contributed by atoms with Crippen LogP contribution in [0.25, 0.3) is 21.9 Å². The normalized spacial score (nSPS) is 11.5. The second-order valence-electron chi connectivity index (χ2n) is 8.71. The van der Waals surface area contributed by atoms with Gasteiger partial charge < -0.3 is 15.2 Å². The summed E-state index contributed by atoms with van der Waals surface area (Å²) in [5.74, 6) is -0.398. The van der Waals surface area contributed by atoms with Crippen LogP contribution >= 0.6 is 0 Å². The minimum Gasteiger partial charge on any atom is -0.494 e. The molecule has 0 saturated heterocycles. The van der Waals surface area contributed by atoms with Crippen molar-refractivity contribution < 1.29 is 19.0 Å². The van der Waals surface area contributed by atoms with Gasteiger partial charge in [-0.25, -0.2) is 4.39 Å². The van der Waals surface area contributed by atoms with Gasteiger partial charge in [-0.15, -0.1) is 0 Å². The van der Waals surface area contributed by atoms with Crippen molar-refractivity contribution >= 4 is 16.7 Å². The number of benzene rings is 4. The summed E-state index contributed by atoms with van der Waals surface area (Å²) in [6.07, 6.45) is 0.256. The van der Waals surface area contributed by atoms with E-state index in [0.29, 0.717) is 18.7 Å². The monoisotopic (exact) mass is 501 g/mol. The third kappa shape index (κ3) is 7.64. The van der Waals surface area contributed by atoms with Gasteiger partial charge in [0.25, 0.3) is 0 Å². The SMILES string of the molecule is CC.CCOc1cccc(CNC(C)c2cc(-c3cc(F)cc(CCC(=O)O)c3)c3ccccc3c2)c1. The van der Waals surface area contributed by atoms with E-state index in [0.717, 1.165) is 38.8 Å². The molecule has 0 aliphatic heterocycles. The Balaban J connectivity index is 0.00000186. The predicted octanol–water partition coefficient (Wildman–Crippen LogP) is 7.94. The van der Waals surface area contributed by atoms with Crippen molar-refractivity contribution in [3.8, 4) is 16.9 Å². The molecular formula is C32H36FNO3. The minimum atomic E-state index is -0.894. The lowest BCUT2D eigenvalue weighted by Crippen LogP contribution is -2.18. The van der Waals surface area contributed by atoms with Crippen LogP contribution in [-0.2, 0) is 17.8 Å². The summed E-state index contributed by atoms with van der Waals surface area (Å²) < 4.78 is 20.1. The van der Waals surface area contributed by atoms with Crippen LogP contribution in [0.4, 0.5) is 4.39 Å². The van der Waals surface area contributed by atoms with E-state index in [9.17, 15) is 9.18 Å². The number of hydrogen-bond acceptors (Lipinski definition) is 3. The van der Waals surface area contributed by atoms with Crippen molar-refractivity contribution in [2.24, 2.45) is 0 Å². The second-order valence-corrected chi connectivity index (χ2v) is 8.71. The Labute approximate surface area is 219 Å². The van der Waals surface area contributed by atoms with E-state index in [1.54, 1.807) is 0 Å². The van der Waals surface area contributed by atoms with Crippen molar-refractivity contribution in [2.45, 2.75) is 53.1 Å². The molecule has 0 fully saturated rings. The molecule has 0 spiro atoms. The topological polar surface area (TPSA) is 58.6 Å². The highest BCUT2D eigenvalue weighted by atomic mass is 19.1. The van der Waals surface area contributed by atoms with Gasteiger partial charge in [-0.1, -0.05) is 56.3 Å². The van der Waals surface area contributed by atoms with E-state index < -0.39 is 5.97 Å². The lowest BCUT2D eigenvalue weighted by Gasteiger charge is -2.18. The summed E-state index contributed by atoms with van der Waals surface area (Å²) >= 11 is 0. The molecule has 37 heavy (non-hydrogen) atoms. The molecule has 0 aliphatic rings. The number of carbonyl (C=O) groups is 1. The van der Waals surface area contributed by atoms with Crippen LogP contribution in [-0.4, -0.2) is 17.7 Å². The number of aliphatic carboxylic acids is 1. The average Bonchev–Trinajstić information content (AvgIpc) is 2.91. The standard InChI is InChI=1S/C30H30FNO3.C2H6/c1-3-35-27-9-6-7-22(15-27)19-32-20(2)24-16-23-8-4-5-10-28(23)29(18-24)25-13-21(11-12-30(33)34)14-26(31)17-25;1-2/h4-10,13-18,20,32H,3,11-12,19H2,1-2H3,(H,33,34);1-2H3.